The number of nitrogens with zero attached hydrogens (tertiary/aromatic N) is 4. The molecule has 0 spiro atoms. The summed E-state index contributed by atoms with van der Waals surface area (Å²) in [5.74, 6) is -1.82. The molecule has 0 aliphatic carbocycles. The molecule has 4 aromatic rings. The second-order valence-electron chi connectivity index (χ2n) is 6.37. The molecule has 0 fully saturated rings. The van der Waals surface area contributed by atoms with E-state index in [0.717, 1.165) is 0 Å². The zero-order valence-electron chi connectivity index (χ0n) is 15.4. The van der Waals surface area contributed by atoms with Crippen molar-refractivity contribution >= 4 is 28.7 Å². The van der Waals surface area contributed by atoms with E-state index in [1.54, 1.807) is 32.2 Å². The van der Waals surface area contributed by atoms with Gasteiger partial charge >= 0.3 is 0 Å². The first-order chi connectivity index (χ1) is 13.8. The smallest absolute Gasteiger partial charge is 0.259 e. The standard InChI is InChI=1S/C19H15FN6O3/c1-9-15-11(18(28)23-17-12(16(21)27)8-26(2)24-17)7-14(22-19(15)29-25-9)10-5-3-4-6-13(10)20/h3-8H,1-2H3,(H2,21,27)(H,23,24,28). The van der Waals surface area contributed by atoms with Crippen molar-refractivity contribution in [3.05, 3.63) is 59.2 Å². The molecule has 146 valence electrons. The van der Waals surface area contributed by atoms with Gasteiger partial charge in [0.1, 0.15) is 11.4 Å². The van der Waals surface area contributed by atoms with Crippen LogP contribution >= 0.6 is 0 Å². The Labute approximate surface area is 163 Å². The second kappa shape index (κ2) is 6.82. The molecular formula is C19H15FN6O3. The molecule has 0 radical (unpaired) electrons. The third-order valence-corrected chi connectivity index (χ3v) is 4.34. The fraction of sp³-hybridized carbons (Fsp3) is 0.105. The van der Waals surface area contributed by atoms with Crippen molar-refractivity contribution in [2.45, 2.75) is 6.92 Å². The molecule has 0 aliphatic rings. The van der Waals surface area contributed by atoms with Crippen molar-refractivity contribution in [3.63, 3.8) is 0 Å². The first-order valence-electron chi connectivity index (χ1n) is 8.52. The average molecular weight is 394 g/mol. The number of nitrogens with one attached hydrogen (secondary N) is 1. The highest BCUT2D eigenvalue weighted by molar-refractivity contribution is 6.14. The minimum absolute atomic E-state index is 0.0107. The lowest BCUT2D eigenvalue weighted by atomic mass is 10.0. The van der Waals surface area contributed by atoms with Gasteiger partial charge in [0, 0.05) is 18.8 Å². The zero-order chi connectivity index (χ0) is 20.7. The highest BCUT2D eigenvalue weighted by Gasteiger charge is 2.23. The van der Waals surface area contributed by atoms with Gasteiger partial charge < -0.3 is 15.6 Å². The predicted octanol–water partition coefficient (Wildman–Crippen LogP) is 2.42. The lowest BCUT2D eigenvalue weighted by Gasteiger charge is -2.08. The van der Waals surface area contributed by atoms with Crippen LogP contribution in [0.5, 0.6) is 0 Å². The van der Waals surface area contributed by atoms with Crippen LogP contribution in [0.2, 0.25) is 0 Å². The Hall–Kier alpha value is -4.08. The van der Waals surface area contributed by atoms with E-state index in [1.807, 2.05) is 0 Å². The van der Waals surface area contributed by atoms with Crippen molar-refractivity contribution in [2.75, 3.05) is 5.32 Å². The summed E-state index contributed by atoms with van der Waals surface area (Å²) in [6.07, 6.45) is 1.40. The van der Waals surface area contributed by atoms with Gasteiger partial charge in [0.25, 0.3) is 17.5 Å². The molecule has 0 unspecified atom stereocenters. The summed E-state index contributed by atoms with van der Waals surface area (Å²) >= 11 is 0. The minimum atomic E-state index is -0.735. The van der Waals surface area contributed by atoms with Gasteiger partial charge in [-0.25, -0.2) is 9.37 Å². The Morgan fingerprint density at radius 2 is 2.00 bits per heavy atom. The minimum Gasteiger partial charge on any atom is -0.365 e. The molecule has 3 aromatic heterocycles. The lowest BCUT2D eigenvalue weighted by Crippen LogP contribution is -2.18. The number of rotatable bonds is 4. The number of fused-ring (bicyclic) bond motifs is 1. The fourth-order valence-electron chi connectivity index (χ4n) is 3.02. The number of amides is 2. The number of aromatic nitrogens is 4. The van der Waals surface area contributed by atoms with Crippen LogP contribution in [-0.2, 0) is 7.05 Å². The van der Waals surface area contributed by atoms with Crippen LogP contribution in [0.3, 0.4) is 0 Å². The molecule has 0 saturated carbocycles. The van der Waals surface area contributed by atoms with E-state index >= 15 is 0 Å². The average Bonchev–Trinajstić information content (AvgIpc) is 3.24. The van der Waals surface area contributed by atoms with Gasteiger partial charge in [-0.05, 0) is 25.1 Å². The normalized spacial score (nSPS) is 11.0. The lowest BCUT2D eigenvalue weighted by molar-refractivity contribution is 0.100. The molecule has 9 nitrogen and oxygen atoms in total. The molecule has 0 saturated heterocycles. The number of aryl methyl sites for hydroxylation is 2. The summed E-state index contributed by atoms with van der Waals surface area (Å²) in [7, 11) is 1.59. The van der Waals surface area contributed by atoms with Crippen LogP contribution in [0.4, 0.5) is 10.2 Å². The van der Waals surface area contributed by atoms with Crippen molar-refractivity contribution < 1.29 is 18.5 Å². The molecular weight excluding hydrogens is 379 g/mol. The summed E-state index contributed by atoms with van der Waals surface area (Å²) in [6.45, 7) is 1.66. The molecule has 3 N–H and O–H groups in total. The molecule has 0 bridgehead atoms. The molecule has 3 heterocycles. The third kappa shape index (κ3) is 3.20. The maximum atomic E-state index is 14.3. The zero-order valence-corrected chi connectivity index (χ0v) is 15.4. The highest BCUT2D eigenvalue weighted by Crippen LogP contribution is 2.29. The van der Waals surface area contributed by atoms with E-state index in [2.05, 4.69) is 20.6 Å². The van der Waals surface area contributed by atoms with Gasteiger partial charge in [-0.1, -0.05) is 17.3 Å². The number of halogens is 1. The molecule has 10 heteroatoms. The van der Waals surface area contributed by atoms with Gasteiger partial charge in [-0.3, -0.25) is 14.3 Å². The van der Waals surface area contributed by atoms with Crippen LogP contribution in [0.1, 0.15) is 26.4 Å². The molecule has 0 aliphatic heterocycles. The maximum Gasteiger partial charge on any atom is 0.259 e. The Kier molecular flexibility index (Phi) is 4.30. The SMILES string of the molecule is Cc1noc2nc(-c3ccccc3F)cc(C(=O)Nc3nn(C)cc3C(N)=O)c12. The van der Waals surface area contributed by atoms with Crippen LogP contribution in [-0.4, -0.2) is 31.7 Å². The van der Waals surface area contributed by atoms with Gasteiger partial charge in [-0.2, -0.15) is 5.10 Å². The van der Waals surface area contributed by atoms with Crippen LogP contribution in [0.25, 0.3) is 22.4 Å². The first kappa shape index (κ1) is 18.3. The number of carbonyl (C=O) groups excluding carboxylic acids is 2. The van der Waals surface area contributed by atoms with E-state index < -0.39 is 17.6 Å². The summed E-state index contributed by atoms with van der Waals surface area (Å²) in [5, 5.41) is 10.8. The molecule has 1 aromatic carbocycles. The van der Waals surface area contributed by atoms with Gasteiger partial charge in [-0.15, -0.1) is 0 Å². The topological polar surface area (TPSA) is 129 Å². The van der Waals surface area contributed by atoms with E-state index in [-0.39, 0.29) is 33.9 Å². The summed E-state index contributed by atoms with van der Waals surface area (Å²) in [5.41, 5.74) is 6.47. The number of pyridine rings is 1. The molecule has 4 rings (SSSR count). The Morgan fingerprint density at radius 3 is 2.72 bits per heavy atom. The van der Waals surface area contributed by atoms with E-state index in [4.69, 9.17) is 10.3 Å². The number of hydrogen-bond donors (Lipinski definition) is 2. The Bertz CT molecular complexity index is 1280. The van der Waals surface area contributed by atoms with Crippen molar-refractivity contribution in [1.82, 2.24) is 19.9 Å². The van der Waals surface area contributed by atoms with E-state index in [0.29, 0.717) is 11.1 Å². The quantitative estimate of drug-likeness (QED) is 0.547. The summed E-state index contributed by atoms with van der Waals surface area (Å²) in [4.78, 5) is 28.9. The van der Waals surface area contributed by atoms with Crippen molar-refractivity contribution in [3.8, 4) is 11.3 Å². The Morgan fingerprint density at radius 1 is 1.24 bits per heavy atom. The number of primary amides is 1. The first-order valence-corrected chi connectivity index (χ1v) is 8.52. The number of carbonyl (C=O) groups is 2. The maximum absolute atomic E-state index is 14.3. The molecule has 2 amide bonds. The highest BCUT2D eigenvalue weighted by atomic mass is 19.1. The van der Waals surface area contributed by atoms with Crippen LogP contribution in [0, 0.1) is 12.7 Å². The fourth-order valence-corrected chi connectivity index (χ4v) is 3.02. The van der Waals surface area contributed by atoms with Crippen LogP contribution < -0.4 is 11.1 Å². The number of hydrogen-bond acceptors (Lipinski definition) is 6. The third-order valence-electron chi connectivity index (χ3n) is 4.34. The predicted molar refractivity (Wildman–Crippen MR) is 102 cm³/mol. The Balaban J connectivity index is 1.84. The number of nitrogens with two attached hydrogens (primary N) is 1. The van der Waals surface area contributed by atoms with Crippen molar-refractivity contribution in [2.24, 2.45) is 12.8 Å². The van der Waals surface area contributed by atoms with Gasteiger partial charge in [0.15, 0.2) is 5.82 Å². The van der Waals surface area contributed by atoms with Gasteiger partial charge in [0.2, 0.25) is 0 Å². The number of benzene rings is 1. The molecule has 29 heavy (non-hydrogen) atoms. The van der Waals surface area contributed by atoms with Crippen molar-refractivity contribution in [1.29, 1.82) is 0 Å². The monoisotopic (exact) mass is 394 g/mol. The summed E-state index contributed by atoms with van der Waals surface area (Å²) in [6, 6.07) is 7.48. The number of anilines is 1. The van der Waals surface area contributed by atoms with E-state index in [9.17, 15) is 14.0 Å². The summed E-state index contributed by atoms with van der Waals surface area (Å²) < 4.78 is 20.8. The molecule has 0 atom stereocenters. The van der Waals surface area contributed by atoms with Gasteiger partial charge in [0.05, 0.1) is 22.3 Å². The largest absolute Gasteiger partial charge is 0.365 e. The van der Waals surface area contributed by atoms with Crippen LogP contribution in [0.15, 0.2) is 41.1 Å². The van der Waals surface area contributed by atoms with E-state index in [1.165, 1.54) is 23.0 Å². The second-order valence-corrected chi connectivity index (χ2v) is 6.37.